The van der Waals surface area contributed by atoms with Gasteiger partial charge in [0.1, 0.15) is 0 Å². The lowest BCUT2D eigenvalue weighted by atomic mass is 10.0. The number of hydrogen-bond donors (Lipinski definition) is 1. The Balaban J connectivity index is 2.19. The highest BCUT2D eigenvalue weighted by Crippen LogP contribution is 2.13. The Bertz CT molecular complexity index is 699. The molecule has 0 aromatic heterocycles. The van der Waals surface area contributed by atoms with E-state index < -0.39 is 11.9 Å². The lowest BCUT2D eigenvalue weighted by Gasteiger charge is -2.04. The Hall–Kier alpha value is -2.95. The highest BCUT2D eigenvalue weighted by molar-refractivity contribution is 6.09. The van der Waals surface area contributed by atoms with Gasteiger partial charge < -0.3 is 9.84 Å². The minimum atomic E-state index is -1.04. The maximum Gasteiger partial charge on any atom is 0.338 e. The van der Waals surface area contributed by atoms with Crippen LogP contribution in [-0.2, 0) is 4.74 Å². The van der Waals surface area contributed by atoms with Crippen molar-refractivity contribution in [2.75, 3.05) is 6.61 Å². The van der Waals surface area contributed by atoms with Gasteiger partial charge in [0, 0.05) is 11.1 Å². The Kier molecular flexibility index (Phi) is 4.68. The molecule has 2 aromatic rings. The number of aromatic carboxylic acids is 1. The Labute approximate surface area is 127 Å². The fourth-order valence-electron chi connectivity index (χ4n) is 1.90. The van der Waals surface area contributed by atoms with Crippen molar-refractivity contribution in [2.24, 2.45) is 0 Å². The van der Waals surface area contributed by atoms with Crippen molar-refractivity contribution in [1.29, 1.82) is 0 Å². The van der Waals surface area contributed by atoms with Gasteiger partial charge in [-0.05, 0) is 31.2 Å². The zero-order valence-electron chi connectivity index (χ0n) is 11.9. The van der Waals surface area contributed by atoms with Gasteiger partial charge in [0.05, 0.1) is 17.7 Å². The van der Waals surface area contributed by atoms with Crippen molar-refractivity contribution in [3.05, 3.63) is 70.8 Å². The number of esters is 1. The first kappa shape index (κ1) is 15.4. The Morgan fingerprint density at radius 2 is 1.23 bits per heavy atom. The zero-order valence-corrected chi connectivity index (χ0v) is 11.9. The standard InChI is InChI=1S/C17H14O5/c1-2-22-17(21)14-9-5-12(6-10-14)15(18)11-3-7-13(8-4-11)16(19)20/h3-10H,2H2,1H3,(H,19,20). The summed E-state index contributed by atoms with van der Waals surface area (Å²) in [6.07, 6.45) is 0. The highest BCUT2D eigenvalue weighted by atomic mass is 16.5. The van der Waals surface area contributed by atoms with Crippen molar-refractivity contribution in [2.45, 2.75) is 6.92 Å². The second kappa shape index (κ2) is 6.67. The van der Waals surface area contributed by atoms with Gasteiger partial charge in [0.15, 0.2) is 5.78 Å². The highest BCUT2D eigenvalue weighted by Gasteiger charge is 2.12. The van der Waals surface area contributed by atoms with E-state index in [4.69, 9.17) is 9.84 Å². The number of benzene rings is 2. The molecule has 0 unspecified atom stereocenters. The average molecular weight is 298 g/mol. The number of ketones is 1. The molecule has 0 amide bonds. The minimum Gasteiger partial charge on any atom is -0.478 e. The molecular weight excluding hydrogens is 284 g/mol. The molecule has 112 valence electrons. The van der Waals surface area contributed by atoms with Crippen LogP contribution in [-0.4, -0.2) is 29.4 Å². The van der Waals surface area contributed by atoms with Crippen molar-refractivity contribution in [1.82, 2.24) is 0 Å². The molecule has 5 heteroatoms. The molecule has 0 bridgehead atoms. The molecule has 0 saturated heterocycles. The van der Waals surface area contributed by atoms with E-state index in [1.54, 1.807) is 19.1 Å². The van der Waals surface area contributed by atoms with E-state index in [1.807, 2.05) is 0 Å². The van der Waals surface area contributed by atoms with Crippen LogP contribution < -0.4 is 0 Å². The van der Waals surface area contributed by atoms with Crippen LogP contribution in [0.5, 0.6) is 0 Å². The first-order valence-electron chi connectivity index (χ1n) is 6.68. The summed E-state index contributed by atoms with van der Waals surface area (Å²) in [4.78, 5) is 34.6. The summed E-state index contributed by atoms with van der Waals surface area (Å²) in [6, 6.07) is 11.8. The van der Waals surface area contributed by atoms with Gasteiger partial charge in [0.25, 0.3) is 0 Å². The number of ether oxygens (including phenoxy) is 1. The summed E-state index contributed by atoms with van der Waals surface area (Å²) >= 11 is 0. The van der Waals surface area contributed by atoms with Crippen LogP contribution in [0.15, 0.2) is 48.5 Å². The van der Waals surface area contributed by atoms with E-state index in [2.05, 4.69) is 0 Å². The third kappa shape index (κ3) is 3.38. The smallest absolute Gasteiger partial charge is 0.338 e. The summed E-state index contributed by atoms with van der Waals surface area (Å²) in [6.45, 7) is 2.01. The first-order chi connectivity index (χ1) is 10.5. The van der Waals surface area contributed by atoms with Crippen LogP contribution in [0.2, 0.25) is 0 Å². The average Bonchev–Trinajstić information content (AvgIpc) is 2.54. The number of carboxylic acid groups (broad SMARTS) is 1. The van der Waals surface area contributed by atoms with Gasteiger partial charge >= 0.3 is 11.9 Å². The van der Waals surface area contributed by atoms with Gasteiger partial charge in [0.2, 0.25) is 0 Å². The number of carbonyl (C=O) groups excluding carboxylic acids is 2. The fraction of sp³-hybridized carbons (Fsp3) is 0.118. The maximum atomic E-state index is 12.3. The number of carbonyl (C=O) groups is 3. The topological polar surface area (TPSA) is 80.7 Å². The van der Waals surface area contributed by atoms with E-state index in [0.717, 1.165) is 0 Å². The molecule has 0 aliphatic carbocycles. The monoisotopic (exact) mass is 298 g/mol. The fourth-order valence-corrected chi connectivity index (χ4v) is 1.90. The molecule has 0 radical (unpaired) electrons. The summed E-state index contributed by atoms with van der Waals surface area (Å²) in [5.41, 5.74) is 1.29. The summed E-state index contributed by atoms with van der Waals surface area (Å²) in [5.74, 6) is -1.72. The maximum absolute atomic E-state index is 12.3. The SMILES string of the molecule is CCOC(=O)c1ccc(C(=O)c2ccc(C(=O)O)cc2)cc1. The van der Waals surface area contributed by atoms with Crippen LogP contribution in [0.4, 0.5) is 0 Å². The Morgan fingerprint density at radius 1 is 0.818 bits per heavy atom. The van der Waals surface area contributed by atoms with E-state index in [-0.39, 0.29) is 18.0 Å². The molecule has 0 fully saturated rings. The number of rotatable bonds is 5. The molecule has 0 heterocycles. The number of carboxylic acids is 1. The summed E-state index contributed by atoms with van der Waals surface area (Å²) in [5, 5.41) is 8.83. The molecule has 22 heavy (non-hydrogen) atoms. The largest absolute Gasteiger partial charge is 0.478 e. The normalized spacial score (nSPS) is 10.0. The third-order valence-electron chi connectivity index (χ3n) is 3.05. The first-order valence-corrected chi connectivity index (χ1v) is 6.68. The van der Waals surface area contributed by atoms with Gasteiger partial charge in [-0.2, -0.15) is 0 Å². The lowest BCUT2D eigenvalue weighted by Crippen LogP contribution is -2.06. The van der Waals surface area contributed by atoms with E-state index in [1.165, 1.54) is 36.4 Å². The predicted molar refractivity (Wildman–Crippen MR) is 79.2 cm³/mol. The van der Waals surface area contributed by atoms with Crippen LogP contribution in [0.25, 0.3) is 0 Å². The van der Waals surface area contributed by atoms with E-state index in [0.29, 0.717) is 16.7 Å². The van der Waals surface area contributed by atoms with Gasteiger partial charge in [-0.1, -0.05) is 24.3 Å². The van der Waals surface area contributed by atoms with Crippen molar-refractivity contribution < 1.29 is 24.2 Å². The van der Waals surface area contributed by atoms with E-state index in [9.17, 15) is 14.4 Å². The zero-order chi connectivity index (χ0) is 16.1. The molecule has 2 aromatic carbocycles. The molecule has 0 aliphatic rings. The molecule has 0 spiro atoms. The molecule has 1 N–H and O–H groups in total. The van der Waals surface area contributed by atoms with Crippen LogP contribution >= 0.6 is 0 Å². The molecule has 2 rings (SSSR count). The van der Waals surface area contributed by atoms with Gasteiger partial charge in [-0.15, -0.1) is 0 Å². The van der Waals surface area contributed by atoms with Crippen molar-refractivity contribution >= 4 is 17.7 Å². The predicted octanol–water partition coefficient (Wildman–Crippen LogP) is 2.79. The number of hydrogen-bond acceptors (Lipinski definition) is 4. The van der Waals surface area contributed by atoms with Crippen LogP contribution in [0.1, 0.15) is 43.6 Å². The second-order valence-corrected chi connectivity index (χ2v) is 4.51. The molecule has 0 atom stereocenters. The van der Waals surface area contributed by atoms with Gasteiger partial charge in [-0.3, -0.25) is 4.79 Å². The molecule has 0 aliphatic heterocycles. The molecule has 0 saturated carbocycles. The van der Waals surface area contributed by atoms with Crippen LogP contribution in [0, 0.1) is 0 Å². The van der Waals surface area contributed by atoms with Crippen molar-refractivity contribution in [3.63, 3.8) is 0 Å². The lowest BCUT2D eigenvalue weighted by molar-refractivity contribution is 0.0525. The summed E-state index contributed by atoms with van der Waals surface area (Å²) in [7, 11) is 0. The molecule has 5 nitrogen and oxygen atoms in total. The second-order valence-electron chi connectivity index (χ2n) is 4.51. The van der Waals surface area contributed by atoms with Gasteiger partial charge in [-0.25, -0.2) is 9.59 Å². The quantitative estimate of drug-likeness (QED) is 0.678. The van der Waals surface area contributed by atoms with Crippen molar-refractivity contribution in [3.8, 4) is 0 Å². The van der Waals surface area contributed by atoms with Crippen LogP contribution in [0.3, 0.4) is 0 Å². The Morgan fingerprint density at radius 3 is 1.64 bits per heavy atom. The third-order valence-corrected chi connectivity index (χ3v) is 3.05. The molecular formula is C17H14O5. The van der Waals surface area contributed by atoms with E-state index >= 15 is 0 Å². The minimum absolute atomic E-state index is 0.120. The summed E-state index contributed by atoms with van der Waals surface area (Å²) < 4.78 is 4.87.